The number of carbonyl (C=O) groups is 2. The van der Waals surface area contributed by atoms with Crippen molar-refractivity contribution in [3.8, 4) is 0 Å². The minimum Gasteiger partial charge on any atom is -0.353 e. The lowest BCUT2D eigenvalue weighted by Gasteiger charge is -2.43. The van der Waals surface area contributed by atoms with Gasteiger partial charge in [0.1, 0.15) is 6.04 Å². The van der Waals surface area contributed by atoms with E-state index in [1.807, 2.05) is 50.2 Å². The third-order valence-corrected chi connectivity index (χ3v) is 5.57. The summed E-state index contributed by atoms with van der Waals surface area (Å²) in [4.78, 5) is 25.3. The first-order valence-electron chi connectivity index (χ1n) is 9.71. The maximum atomic E-state index is 12.8. The van der Waals surface area contributed by atoms with Gasteiger partial charge >= 0.3 is 0 Å². The van der Waals surface area contributed by atoms with E-state index in [0.717, 1.165) is 12.8 Å². The Balaban J connectivity index is 1.64. The zero-order valence-corrected chi connectivity index (χ0v) is 16.1. The standard InChI is InChI=1S/C23H28N2O2/c1-17(2)20(25-21(26)18-10-5-3-6-11-18)22(27)24-16-23(14-9-15-23)19-12-7-4-8-13-19/h3-8,10-13,17,20H,9,14-16H2,1-2H3,(H,24,27)(H,25,26)/t20-/m0/s1. The minimum absolute atomic E-state index is 0.00623. The summed E-state index contributed by atoms with van der Waals surface area (Å²) in [5.41, 5.74) is 1.88. The molecule has 27 heavy (non-hydrogen) atoms. The highest BCUT2D eigenvalue weighted by Gasteiger charge is 2.39. The van der Waals surface area contributed by atoms with Crippen molar-refractivity contribution in [1.82, 2.24) is 10.6 Å². The maximum Gasteiger partial charge on any atom is 0.251 e. The summed E-state index contributed by atoms with van der Waals surface area (Å²) in [6.07, 6.45) is 3.35. The molecule has 1 aliphatic rings. The normalized spacial score (nSPS) is 16.3. The van der Waals surface area contributed by atoms with E-state index in [1.165, 1.54) is 12.0 Å². The van der Waals surface area contributed by atoms with Gasteiger partial charge in [0.05, 0.1) is 0 Å². The molecule has 2 aromatic rings. The van der Waals surface area contributed by atoms with Crippen molar-refractivity contribution in [2.24, 2.45) is 5.92 Å². The van der Waals surface area contributed by atoms with E-state index >= 15 is 0 Å². The van der Waals surface area contributed by atoms with Gasteiger partial charge in [0.2, 0.25) is 5.91 Å². The van der Waals surface area contributed by atoms with Crippen molar-refractivity contribution in [2.75, 3.05) is 6.54 Å². The van der Waals surface area contributed by atoms with Gasteiger partial charge in [-0.2, -0.15) is 0 Å². The van der Waals surface area contributed by atoms with E-state index in [4.69, 9.17) is 0 Å². The third-order valence-electron chi connectivity index (χ3n) is 5.57. The molecule has 0 radical (unpaired) electrons. The molecule has 0 saturated heterocycles. The van der Waals surface area contributed by atoms with Crippen molar-refractivity contribution >= 4 is 11.8 Å². The summed E-state index contributed by atoms with van der Waals surface area (Å²) in [7, 11) is 0. The van der Waals surface area contributed by atoms with E-state index < -0.39 is 6.04 Å². The molecule has 1 saturated carbocycles. The first-order chi connectivity index (χ1) is 13.0. The maximum absolute atomic E-state index is 12.8. The van der Waals surface area contributed by atoms with Crippen molar-refractivity contribution in [3.63, 3.8) is 0 Å². The summed E-state index contributed by atoms with van der Waals surface area (Å²) < 4.78 is 0. The summed E-state index contributed by atoms with van der Waals surface area (Å²) in [6.45, 7) is 4.51. The smallest absolute Gasteiger partial charge is 0.251 e. The molecule has 4 heteroatoms. The lowest BCUT2D eigenvalue weighted by atomic mass is 9.64. The topological polar surface area (TPSA) is 58.2 Å². The molecule has 4 nitrogen and oxygen atoms in total. The summed E-state index contributed by atoms with van der Waals surface area (Å²) in [5.74, 6) is -0.325. The van der Waals surface area contributed by atoms with Crippen molar-refractivity contribution in [1.29, 1.82) is 0 Å². The minimum atomic E-state index is -0.550. The highest BCUT2D eigenvalue weighted by atomic mass is 16.2. The number of hydrogen-bond acceptors (Lipinski definition) is 2. The fourth-order valence-corrected chi connectivity index (χ4v) is 3.68. The van der Waals surface area contributed by atoms with Crippen LogP contribution in [0.15, 0.2) is 60.7 Å². The van der Waals surface area contributed by atoms with E-state index in [1.54, 1.807) is 12.1 Å². The SMILES string of the molecule is CC(C)[C@H](NC(=O)c1ccccc1)C(=O)NCC1(c2ccccc2)CCC1. The van der Waals surface area contributed by atoms with Gasteiger partial charge in [0.25, 0.3) is 5.91 Å². The van der Waals surface area contributed by atoms with Crippen molar-refractivity contribution in [3.05, 3.63) is 71.8 Å². The molecule has 3 rings (SSSR count). The average molecular weight is 364 g/mol. The summed E-state index contributed by atoms with van der Waals surface area (Å²) in [5, 5.41) is 6.00. The zero-order valence-electron chi connectivity index (χ0n) is 16.1. The molecule has 0 bridgehead atoms. The lowest BCUT2D eigenvalue weighted by molar-refractivity contribution is -0.124. The molecular formula is C23H28N2O2. The Morgan fingerprint density at radius 3 is 2.07 bits per heavy atom. The fourth-order valence-electron chi connectivity index (χ4n) is 3.68. The van der Waals surface area contributed by atoms with Crippen LogP contribution >= 0.6 is 0 Å². The van der Waals surface area contributed by atoms with Gasteiger partial charge in [0.15, 0.2) is 0 Å². The average Bonchev–Trinajstić information content (AvgIpc) is 2.66. The Morgan fingerprint density at radius 2 is 1.56 bits per heavy atom. The van der Waals surface area contributed by atoms with Crippen LogP contribution in [0.3, 0.4) is 0 Å². The van der Waals surface area contributed by atoms with E-state index in [2.05, 4.69) is 22.8 Å². The van der Waals surface area contributed by atoms with E-state index in [9.17, 15) is 9.59 Å². The van der Waals surface area contributed by atoms with Gasteiger partial charge < -0.3 is 10.6 Å². The number of nitrogens with one attached hydrogen (secondary N) is 2. The Morgan fingerprint density at radius 1 is 0.963 bits per heavy atom. The molecule has 2 aromatic carbocycles. The van der Waals surface area contributed by atoms with Gasteiger partial charge in [-0.05, 0) is 36.5 Å². The largest absolute Gasteiger partial charge is 0.353 e. The predicted molar refractivity (Wildman–Crippen MR) is 108 cm³/mol. The fraction of sp³-hybridized carbons (Fsp3) is 0.391. The van der Waals surface area contributed by atoms with Crippen LogP contribution in [0.25, 0.3) is 0 Å². The second-order valence-electron chi connectivity index (χ2n) is 7.78. The monoisotopic (exact) mass is 364 g/mol. The van der Waals surface area contributed by atoms with Gasteiger partial charge in [-0.3, -0.25) is 9.59 Å². The van der Waals surface area contributed by atoms with Crippen molar-refractivity contribution in [2.45, 2.75) is 44.6 Å². The number of benzene rings is 2. The van der Waals surface area contributed by atoms with Crippen LogP contribution in [0.4, 0.5) is 0 Å². The van der Waals surface area contributed by atoms with Crippen LogP contribution in [0.2, 0.25) is 0 Å². The lowest BCUT2D eigenvalue weighted by Crippen LogP contribution is -2.53. The van der Waals surface area contributed by atoms with Crippen LogP contribution in [0, 0.1) is 5.92 Å². The molecule has 0 unspecified atom stereocenters. The second kappa shape index (κ2) is 8.38. The number of rotatable bonds is 7. The van der Waals surface area contributed by atoms with Crippen LogP contribution in [0.5, 0.6) is 0 Å². The van der Waals surface area contributed by atoms with Crippen LogP contribution in [-0.2, 0) is 10.2 Å². The molecule has 0 spiro atoms. The van der Waals surface area contributed by atoms with Crippen LogP contribution < -0.4 is 10.6 Å². The van der Waals surface area contributed by atoms with Gasteiger partial charge in [-0.1, -0.05) is 68.8 Å². The molecule has 1 aliphatic carbocycles. The van der Waals surface area contributed by atoms with E-state index in [-0.39, 0.29) is 23.1 Å². The van der Waals surface area contributed by atoms with Crippen LogP contribution in [-0.4, -0.2) is 24.4 Å². The molecule has 1 fully saturated rings. The molecule has 0 aromatic heterocycles. The van der Waals surface area contributed by atoms with Crippen molar-refractivity contribution < 1.29 is 9.59 Å². The molecular weight excluding hydrogens is 336 g/mol. The second-order valence-corrected chi connectivity index (χ2v) is 7.78. The zero-order chi connectivity index (χ0) is 19.3. The number of carbonyl (C=O) groups excluding carboxylic acids is 2. The highest BCUT2D eigenvalue weighted by molar-refractivity contribution is 5.97. The predicted octanol–water partition coefficient (Wildman–Crippen LogP) is 3.68. The molecule has 0 aliphatic heterocycles. The molecule has 142 valence electrons. The van der Waals surface area contributed by atoms with Crippen LogP contribution in [0.1, 0.15) is 49.0 Å². The molecule has 2 N–H and O–H groups in total. The Labute approximate surface area is 161 Å². The number of amides is 2. The van der Waals surface area contributed by atoms with Gasteiger partial charge in [0, 0.05) is 17.5 Å². The molecule has 2 amide bonds. The Bertz CT molecular complexity index is 767. The summed E-state index contributed by atoms with van der Waals surface area (Å²) in [6, 6.07) is 18.9. The molecule has 1 atom stereocenters. The van der Waals surface area contributed by atoms with Gasteiger partial charge in [-0.15, -0.1) is 0 Å². The first-order valence-corrected chi connectivity index (χ1v) is 9.71. The highest BCUT2D eigenvalue weighted by Crippen LogP contribution is 2.43. The summed E-state index contributed by atoms with van der Waals surface area (Å²) >= 11 is 0. The number of hydrogen-bond donors (Lipinski definition) is 2. The quantitative estimate of drug-likeness (QED) is 0.787. The third kappa shape index (κ3) is 4.38. The van der Waals surface area contributed by atoms with E-state index in [0.29, 0.717) is 12.1 Å². The Hall–Kier alpha value is -2.62. The first kappa shape index (κ1) is 19.2. The Kier molecular flexibility index (Phi) is 5.94. The molecule has 0 heterocycles. The van der Waals surface area contributed by atoms with Gasteiger partial charge in [-0.25, -0.2) is 0 Å².